The second-order valence-corrected chi connectivity index (χ2v) is 23.5. The van der Waals surface area contributed by atoms with Gasteiger partial charge in [-0.3, -0.25) is 0 Å². The van der Waals surface area contributed by atoms with E-state index in [-0.39, 0.29) is 12.1 Å². The Morgan fingerprint density at radius 3 is 1.55 bits per heavy atom. The van der Waals surface area contributed by atoms with Crippen molar-refractivity contribution >= 4 is 123 Å². The maximum atomic E-state index is 6.86. The van der Waals surface area contributed by atoms with Crippen LogP contribution in [0.15, 0.2) is 179 Å². The fraction of sp³-hybridized carbons (Fsp3) is 0.250. The molecule has 12 aromatic rings. The zero-order chi connectivity index (χ0) is 53.0. The van der Waals surface area contributed by atoms with Crippen LogP contribution in [0.4, 0.5) is 34.1 Å². The van der Waals surface area contributed by atoms with Crippen LogP contribution in [0.5, 0.6) is 0 Å². The smallest absolute Gasteiger partial charge is 0.252 e. The van der Waals surface area contributed by atoms with E-state index >= 15 is 0 Å². The van der Waals surface area contributed by atoms with Crippen LogP contribution in [0, 0.1) is 0 Å². The van der Waals surface area contributed by atoms with Gasteiger partial charge in [0, 0.05) is 44.3 Å². The van der Waals surface area contributed by atoms with E-state index < -0.39 is 0 Å². The van der Waals surface area contributed by atoms with Crippen LogP contribution in [0.25, 0.3) is 71.4 Å². The summed E-state index contributed by atoms with van der Waals surface area (Å²) in [5, 5.41) is 7.09. The summed E-state index contributed by atoms with van der Waals surface area (Å²) in [4.78, 5) is 5.21. The third-order valence-corrected chi connectivity index (χ3v) is 17.6. The lowest BCUT2D eigenvalue weighted by Gasteiger charge is -2.45. The van der Waals surface area contributed by atoms with Crippen molar-refractivity contribution in [2.75, 3.05) is 9.80 Å². The molecule has 1 unspecified atom stereocenters. The molecular formula is C72H68BN3O2. The van der Waals surface area contributed by atoms with Gasteiger partial charge in [0.1, 0.15) is 22.3 Å². The molecule has 6 heteroatoms. The topological polar surface area (TPSA) is 37.7 Å². The Morgan fingerprint density at radius 1 is 0.474 bits per heavy atom. The first-order valence-corrected chi connectivity index (χ1v) is 29.1. The first-order chi connectivity index (χ1) is 38.1. The standard InChI is InChI=1S/C72H68BN3O2/c1-8-12-19-45-25-31-50(32-26-45)75-61-43-52(74-59-37-27-46(20-13-9-2)41-55(59)56-42-49(72(5,6)7)30-38-60(56)74)44-62-69(61)73(57-35-39-65-67(70(57)75)53-21-14-16-23-63(53)77-65)58-36-40-66-68(54-22-15-17-24-64(54)78-66)71(58)76(62)51-33-28-48(29-34-51)47(11-4)18-10-3/h14-17,21-44,47H,8-13,18-20H2,1-7H3. The number of hydrogen-bond acceptors (Lipinski definition) is 4. The molecule has 78 heavy (non-hydrogen) atoms. The van der Waals surface area contributed by atoms with Crippen molar-refractivity contribution in [3.05, 3.63) is 192 Å². The summed E-state index contributed by atoms with van der Waals surface area (Å²) in [6.07, 6.45) is 10.2. The monoisotopic (exact) mass is 1020 g/mol. The van der Waals surface area contributed by atoms with Gasteiger partial charge in [-0.05, 0) is 173 Å². The SMILES string of the molecule is CCCCc1ccc(N2c3cc(-n4c5ccc(CCCC)cc5c5cc(C(C)(C)C)ccc54)cc4c3B(c3ccc5oc6ccccc6c5c32)c2ccc3oc5ccccc5c3c2N4c2ccc(C(CC)CCC)cc2)cc1. The zero-order valence-electron chi connectivity index (χ0n) is 46.3. The lowest BCUT2D eigenvalue weighted by molar-refractivity contribution is 0.591. The molecule has 0 amide bonds. The average molecular weight is 1020 g/mol. The van der Waals surface area contributed by atoms with Crippen molar-refractivity contribution < 1.29 is 8.83 Å². The van der Waals surface area contributed by atoms with Gasteiger partial charge in [-0.2, -0.15) is 0 Å². The predicted octanol–water partition coefficient (Wildman–Crippen LogP) is 18.9. The number of furan rings is 2. The molecule has 9 aromatic carbocycles. The van der Waals surface area contributed by atoms with Crippen molar-refractivity contribution in [3.8, 4) is 5.69 Å². The molecular weight excluding hydrogens is 950 g/mol. The Kier molecular flexibility index (Phi) is 11.7. The second-order valence-electron chi connectivity index (χ2n) is 23.5. The molecule has 0 bridgehead atoms. The lowest BCUT2D eigenvalue weighted by atomic mass is 9.33. The summed E-state index contributed by atoms with van der Waals surface area (Å²) in [7, 11) is 0. The number of unbranched alkanes of at least 4 members (excludes halogenated alkanes) is 2. The summed E-state index contributed by atoms with van der Waals surface area (Å²) < 4.78 is 16.3. The average Bonchev–Trinajstić information content (AvgIpc) is 3.44. The van der Waals surface area contributed by atoms with Gasteiger partial charge in [0.15, 0.2) is 0 Å². The molecule has 5 heterocycles. The van der Waals surface area contributed by atoms with Crippen LogP contribution in [0.2, 0.25) is 0 Å². The highest BCUT2D eigenvalue weighted by atomic mass is 16.3. The van der Waals surface area contributed by atoms with E-state index in [2.05, 4.69) is 233 Å². The number of aryl methyl sites for hydroxylation is 2. The summed E-state index contributed by atoms with van der Waals surface area (Å²) >= 11 is 0. The maximum Gasteiger partial charge on any atom is 0.252 e. The van der Waals surface area contributed by atoms with E-state index in [1.807, 2.05) is 0 Å². The van der Waals surface area contributed by atoms with E-state index in [0.29, 0.717) is 5.92 Å². The number of hydrogen-bond donors (Lipinski definition) is 0. The van der Waals surface area contributed by atoms with E-state index in [1.54, 1.807) is 0 Å². The highest BCUT2D eigenvalue weighted by Crippen LogP contribution is 2.52. The number of nitrogens with zero attached hydrogens (tertiary/aromatic N) is 3. The van der Waals surface area contributed by atoms with Crippen molar-refractivity contribution in [2.24, 2.45) is 0 Å². The number of fused-ring (bicyclic) bond motifs is 15. The first-order valence-electron chi connectivity index (χ1n) is 29.1. The maximum absolute atomic E-state index is 6.86. The van der Waals surface area contributed by atoms with Crippen molar-refractivity contribution in [1.29, 1.82) is 0 Å². The minimum absolute atomic E-state index is 0.0181. The molecule has 3 aromatic heterocycles. The molecule has 14 rings (SSSR count). The number of anilines is 6. The largest absolute Gasteiger partial charge is 0.456 e. The molecule has 2 aliphatic heterocycles. The molecule has 0 spiro atoms. The third-order valence-electron chi connectivity index (χ3n) is 17.6. The van der Waals surface area contributed by atoms with Gasteiger partial charge in [-0.15, -0.1) is 0 Å². The van der Waals surface area contributed by atoms with E-state index in [9.17, 15) is 0 Å². The van der Waals surface area contributed by atoms with Gasteiger partial charge in [0.2, 0.25) is 0 Å². The van der Waals surface area contributed by atoms with Gasteiger partial charge >= 0.3 is 0 Å². The molecule has 0 saturated heterocycles. The quantitative estimate of drug-likeness (QED) is 0.108. The third kappa shape index (κ3) is 7.57. The summed E-state index contributed by atoms with van der Waals surface area (Å²) in [6.45, 7) is 16.1. The molecule has 0 radical (unpaired) electrons. The normalized spacial score (nSPS) is 13.7. The minimum Gasteiger partial charge on any atom is -0.456 e. The van der Waals surface area contributed by atoms with Crippen LogP contribution < -0.4 is 26.2 Å². The molecule has 1 atom stereocenters. The number of rotatable bonds is 13. The Morgan fingerprint density at radius 2 is 1.00 bits per heavy atom. The van der Waals surface area contributed by atoms with Crippen LogP contribution >= 0.6 is 0 Å². The van der Waals surface area contributed by atoms with Crippen LogP contribution in [0.3, 0.4) is 0 Å². The van der Waals surface area contributed by atoms with Gasteiger partial charge < -0.3 is 23.2 Å². The summed E-state index contributed by atoms with van der Waals surface area (Å²) in [5.41, 5.74) is 23.3. The second kappa shape index (κ2) is 18.9. The molecule has 0 saturated carbocycles. The zero-order valence-corrected chi connectivity index (χ0v) is 46.3. The summed E-state index contributed by atoms with van der Waals surface area (Å²) in [5.74, 6) is 0.508. The van der Waals surface area contributed by atoms with Crippen LogP contribution in [0.1, 0.15) is 122 Å². The van der Waals surface area contributed by atoms with E-state index in [0.717, 1.165) is 112 Å². The molecule has 0 N–H and O–H groups in total. The highest BCUT2D eigenvalue weighted by molar-refractivity contribution is 7.01. The fourth-order valence-corrected chi connectivity index (χ4v) is 13.6. The Hall–Kier alpha value is -7.96. The van der Waals surface area contributed by atoms with Crippen molar-refractivity contribution in [3.63, 3.8) is 0 Å². The van der Waals surface area contributed by atoms with Gasteiger partial charge in [-0.1, -0.05) is 153 Å². The van der Waals surface area contributed by atoms with Crippen LogP contribution in [-0.2, 0) is 18.3 Å². The first kappa shape index (κ1) is 48.4. The molecule has 0 aliphatic carbocycles. The minimum atomic E-state index is -0.136. The van der Waals surface area contributed by atoms with E-state index in [1.165, 1.54) is 89.6 Å². The predicted molar refractivity (Wildman–Crippen MR) is 333 cm³/mol. The molecule has 5 nitrogen and oxygen atoms in total. The fourth-order valence-electron chi connectivity index (χ4n) is 13.6. The number of benzene rings is 9. The Balaban J connectivity index is 1.15. The van der Waals surface area contributed by atoms with Gasteiger partial charge in [0.25, 0.3) is 6.71 Å². The molecule has 0 fully saturated rings. The Labute approximate surface area is 459 Å². The van der Waals surface area contributed by atoms with Gasteiger partial charge in [0.05, 0.1) is 38.9 Å². The Bertz CT molecular complexity index is 4300. The number of aromatic nitrogens is 1. The number of para-hydroxylation sites is 2. The van der Waals surface area contributed by atoms with Gasteiger partial charge in [-0.25, -0.2) is 0 Å². The van der Waals surface area contributed by atoms with Crippen molar-refractivity contribution in [2.45, 2.75) is 118 Å². The van der Waals surface area contributed by atoms with Crippen molar-refractivity contribution in [1.82, 2.24) is 4.57 Å². The lowest BCUT2D eigenvalue weighted by Crippen LogP contribution is -2.61. The molecule has 2 aliphatic rings. The summed E-state index contributed by atoms with van der Waals surface area (Å²) in [6, 6.07) is 65.1. The van der Waals surface area contributed by atoms with E-state index in [4.69, 9.17) is 8.83 Å². The van der Waals surface area contributed by atoms with Crippen LogP contribution in [-0.4, -0.2) is 11.3 Å². The molecule has 386 valence electrons. The highest BCUT2D eigenvalue weighted by Gasteiger charge is 2.46.